The number of nitrogens with zero attached hydrogens (tertiary/aromatic N) is 2. The first-order valence-electron chi connectivity index (χ1n) is 10.4. The van der Waals surface area contributed by atoms with Crippen LogP contribution in [0.2, 0.25) is 0 Å². The van der Waals surface area contributed by atoms with Crippen LogP contribution >= 0.6 is 0 Å². The van der Waals surface area contributed by atoms with Gasteiger partial charge in [-0.05, 0) is 52.0 Å². The number of hydrogen-bond acceptors (Lipinski definition) is 6. The zero-order valence-electron chi connectivity index (χ0n) is 19.3. The lowest BCUT2D eigenvalue weighted by Gasteiger charge is -2.20. The molecule has 1 aromatic carbocycles. The predicted molar refractivity (Wildman–Crippen MR) is 121 cm³/mol. The summed E-state index contributed by atoms with van der Waals surface area (Å²) in [5, 5.41) is 0. The summed E-state index contributed by atoms with van der Waals surface area (Å²) in [5.74, 6) is -2.00. The molecule has 0 atom stereocenters. The Hall–Kier alpha value is -3.42. The molecule has 0 spiro atoms. The maximum absolute atomic E-state index is 12.2. The number of likely N-dealkylation sites (N-methyl/N-ethyl adjacent to an activating group) is 2. The van der Waals surface area contributed by atoms with E-state index >= 15 is 0 Å². The van der Waals surface area contributed by atoms with Crippen molar-refractivity contribution in [2.75, 3.05) is 39.4 Å². The molecule has 0 radical (unpaired) electrons. The maximum atomic E-state index is 12.2. The van der Waals surface area contributed by atoms with E-state index in [1.165, 1.54) is 34.1 Å². The van der Waals surface area contributed by atoms with Gasteiger partial charge in [-0.2, -0.15) is 0 Å². The maximum Gasteiger partial charge on any atom is 0.338 e. The van der Waals surface area contributed by atoms with Crippen molar-refractivity contribution in [3.8, 4) is 0 Å². The van der Waals surface area contributed by atoms with Gasteiger partial charge < -0.3 is 19.3 Å². The smallest absolute Gasteiger partial charge is 0.338 e. The van der Waals surface area contributed by atoms with E-state index in [-0.39, 0.29) is 36.2 Å². The molecule has 0 N–H and O–H groups in total. The number of ether oxygens (including phenoxy) is 2. The quantitative estimate of drug-likeness (QED) is 0.364. The minimum Gasteiger partial charge on any atom is -0.452 e. The molecule has 0 saturated heterocycles. The summed E-state index contributed by atoms with van der Waals surface area (Å²) in [7, 11) is 0. The van der Waals surface area contributed by atoms with Crippen molar-refractivity contribution in [2.45, 2.75) is 27.7 Å². The van der Waals surface area contributed by atoms with Crippen molar-refractivity contribution < 1.29 is 28.7 Å². The largest absolute Gasteiger partial charge is 0.452 e. The van der Waals surface area contributed by atoms with Crippen molar-refractivity contribution in [3.05, 3.63) is 59.7 Å². The van der Waals surface area contributed by atoms with Crippen molar-refractivity contribution >= 4 is 23.8 Å². The first kappa shape index (κ1) is 26.6. The number of carbonyl (C=O) groups excluding carboxylic acids is 4. The molecule has 0 aliphatic heterocycles. The van der Waals surface area contributed by atoms with Crippen LogP contribution in [0.1, 0.15) is 48.4 Å². The van der Waals surface area contributed by atoms with Crippen LogP contribution in [-0.2, 0) is 19.1 Å². The Morgan fingerprint density at radius 1 is 0.719 bits per heavy atom. The number of esters is 2. The molecular weight excluding hydrogens is 412 g/mol. The molecule has 0 saturated carbocycles. The molecule has 0 heterocycles. The first-order valence-corrected chi connectivity index (χ1v) is 10.4. The van der Waals surface area contributed by atoms with Gasteiger partial charge >= 0.3 is 11.9 Å². The molecule has 2 amide bonds. The summed E-state index contributed by atoms with van der Waals surface area (Å²) in [4.78, 5) is 51.8. The molecule has 1 aromatic rings. The molecule has 0 unspecified atom stereocenters. The lowest BCUT2D eigenvalue weighted by molar-refractivity contribution is -0.134. The molecule has 8 nitrogen and oxygen atoms in total. The van der Waals surface area contributed by atoms with Gasteiger partial charge in [0.1, 0.15) is 0 Å². The fourth-order valence-electron chi connectivity index (χ4n) is 2.75. The Labute approximate surface area is 189 Å². The summed E-state index contributed by atoms with van der Waals surface area (Å²) in [5.41, 5.74) is 2.03. The standard InChI is InChI=1S/C24H32N2O6/c1-7-25(13-17(3)4)21(27)15-31-23(29)19-9-11-20(12-10-19)24(30)32-16-22(28)26(8-2)14-18(5)6/h9-12H,3,5,7-8,13-16H2,1-2,4,6H3. The Balaban J connectivity index is 2.60. The van der Waals surface area contributed by atoms with E-state index in [2.05, 4.69) is 13.2 Å². The summed E-state index contributed by atoms with van der Waals surface area (Å²) in [6.45, 7) is 15.8. The topological polar surface area (TPSA) is 93.2 Å². The van der Waals surface area contributed by atoms with Gasteiger partial charge in [0.15, 0.2) is 13.2 Å². The molecule has 0 aliphatic carbocycles. The second-order valence-electron chi connectivity index (χ2n) is 7.46. The van der Waals surface area contributed by atoms with E-state index in [4.69, 9.17) is 9.47 Å². The van der Waals surface area contributed by atoms with Crippen LogP contribution < -0.4 is 0 Å². The zero-order chi connectivity index (χ0) is 24.3. The summed E-state index contributed by atoms with van der Waals surface area (Å²) in [6, 6.07) is 5.60. The number of hydrogen-bond donors (Lipinski definition) is 0. The number of carbonyl (C=O) groups is 4. The van der Waals surface area contributed by atoms with Crippen LogP contribution in [0.15, 0.2) is 48.6 Å². The van der Waals surface area contributed by atoms with E-state index in [1.54, 1.807) is 0 Å². The SMILES string of the molecule is C=C(C)CN(CC)C(=O)COC(=O)c1ccc(C(=O)OCC(=O)N(CC)CC(=C)C)cc1. The Kier molecular flexibility index (Phi) is 10.9. The molecule has 0 aromatic heterocycles. The number of rotatable bonds is 12. The Bertz CT molecular complexity index is 789. The van der Waals surface area contributed by atoms with Gasteiger partial charge in [0.25, 0.3) is 11.8 Å². The second kappa shape index (κ2) is 13.1. The van der Waals surface area contributed by atoms with Gasteiger partial charge in [-0.25, -0.2) is 9.59 Å². The van der Waals surface area contributed by atoms with Crippen molar-refractivity contribution in [1.82, 2.24) is 9.80 Å². The second-order valence-corrected chi connectivity index (χ2v) is 7.46. The third kappa shape index (κ3) is 8.75. The van der Waals surface area contributed by atoms with Crippen LogP contribution in [0.5, 0.6) is 0 Å². The highest BCUT2D eigenvalue weighted by Gasteiger charge is 2.18. The normalized spacial score (nSPS) is 10.1. The van der Waals surface area contributed by atoms with Crippen LogP contribution in [0.25, 0.3) is 0 Å². The predicted octanol–water partition coefficient (Wildman–Crippen LogP) is 2.85. The first-order chi connectivity index (χ1) is 15.1. The lowest BCUT2D eigenvalue weighted by atomic mass is 10.1. The van der Waals surface area contributed by atoms with E-state index in [0.717, 1.165) is 11.1 Å². The van der Waals surface area contributed by atoms with Crippen LogP contribution in [0.3, 0.4) is 0 Å². The van der Waals surface area contributed by atoms with Crippen LogP contribution in [-0.4, -0.2) is 72.9 Å². The molecule has 174 valence electrons. The average Bonchev–Trinajstić information content (AvgIpc) is 2.76. The third-order valence-electron chi connectivity index (χ3n) is 4.40. The summed E-state index contributed by atoms with van der Waals surface area (Å²) >= 11 is 0. The summed E-state index contributed by atoms with van der Waals surface area (Å²) < 4.78 is 10.1. The average molecular weight is 445 g/mol. The monoisotopic (exact) mass is 444 g/mol. The van der Waals surface area contributed by atoms with Crippen LogP contribution in [0.4, 0.5) is 0 Å². The van der Waals surface area contributed by atoms with Gasteiger partial charge in [0.05, 0.1) is 11.1 Å². The lowest BCUT2D eigenvalue weighted by Crippen LogP contribution is -2.35. The van der Waals surface area contributed by atoms with Crippen LogP contribution in [0, 0.1) is 0 Å². The minimum atomic E-state index is -0.682. The van der Waals surface area contributed by atoms with Crippen molar-refractivity contribution in [1.29, 1.82) is 0 Å². The Morgan fingerprint density at radius 2 is 1.03 bits per heavy atom. The van der Waals surface area contributed by atoms with Crippen molar-refractivity contribution in [3.63, 3.8) is 0 Å². The highest BCUT2D eigenvalue weighted by molar-refractivity contribution is 5.95. The van der Waals surface area contributed by atoms with Gasteiger partial charge in [0, 0.05) is 26.2 Å². The number of benzene rings is 1. The highest BCUT2D eigenvalue weighted by Crippen LogP contribution is 2.09. The molecule has 0 fully saturated rings. The molecular formula is C24H32N2O6. The van der Waals surface area contributed by atoms with E-state index in [1.807, 2.05) is 27.7 Å². The van der Waals surface area contributed by atoms with E-state index in [0.29, 0.717) is 26.2 Å². The molecule has 8 heteroatoms. The van der Waals surface area contributed by atoms with Gasteiger partial charge in [0.2, 0.25) is 0 Å². The molecule has 1 rings (SSSR count). The van der Waals surface area contributed by atoms with E-state index in [9.17, 15) is 19.2 Å². The van der Waals surface area contributed by atoms with E-state index < -0.39 is 11.9 Å². The fourth-order valence-corrected chi connectivity index (χ4v) is 2.75. The molecule has 0 bridgehead atoms. The highest BCUT2D eigenvalue weighted by atomic mass is 16.5. The van der Waals surface area contributed by atoms with Gasteiger partial charge in [-0.15, -0.1) is 0 Å². The fraction of sp³-hybridized carbons (Fsp3) is 0.417. The summed E-state index contributed by atoms with van der Waals surface area (Å²) in [6.07, 6.45) is 0. The molecule has 0 aliphatic rings. The van der Waals surface area contributed by atoms with Gasteiger partial charge in [-0.1, -0.05) is 24.3 Å². The zero-order valence-corrected chi connectivity index (χ0v) is 19.3. The number of amides is 2. The molecule has 32 heavy (non-hydrogen) atoms. The Morgan fingerprint density at radius 3 is 1.28 bits per heavy atom. The third-order valence-corrected chi connectivity index (χ3v) is 4.40. The minimum absolute atomic E-state index is 0.187. The van der Waals surface area contributed by atoms with Crippen molar-refractivity contribution in [2.24, 2.45) is 0 Å². The van der Waals surface area contributed by atoms with Gasteiger partial charge in [-0.3, -0.25) is 9.59 Å².